The van der Waals surface area contributed by atoms with E-state index >= 15 is 0 Å². The van der Waals surface area contributed by atoms with E-state index in [2.05, 4.69) is 264 Å². The van der Waals surface area contributed by atoms with Crippen molar-refractivity contribution in [3.05, 3.63) is 277 Å². The Labute approximate surface area is 377 Å². The highest BCUT2D eigenvalue weighted by molar-refractivity contribution is 7.26. The molecule has 0 N–H and O–H groups in total. The normalized spacial score (nSPS) is 11.8. The highest BCUT2D eigenvalue weighted by atomic mass is 32.1. The summed E-state index contributed by atoms with van der Waals surface area (Å²) in [7, 11) is 0. The van der Waals surface area contributed by atoms with Gasteiger partial charge in [0.15, 0.2) is 0 Å². The number of benzene rings is 10. The molecule has 12 aromatic rings. The van der Waals surface area contributed by atoms with Crippen molar-refractivity contribution < 1.29 is 0 Å². The van der Waals surface area contributed by atoms with Crippen molar-refractivity contribution in [2.24, 2.45) is 0 Å². The zero-order valence-corrected chi connectivity index (χ0v) is 35.9. The van der Waals surface area contributed by atoms with Crippen LogP contribution in [0.1, 0.15) is 22.3 Å². The van der Waals surface area contributed by atoms with Crippen LogP contribution in [0.4, 0.5) is 17.1 Å². The molecular weight excluding hydrogens is 793 g/mol. The first-order valence-corrected chi connectivity index (χ1v) is 22.7. The summed E-state index contributed by atoms with van der Waals surface area (Å²) in [5.74, 6) is 0. The summed E-state index contributed by atoms with van der Waals surface area (Å²) in [5.41, 5.74) is 13.6. The lowest BCUT2D eigenvalue weighted by Gasteiger charge is -2.37. The summed E-state index contributed by atoms with van der Waals surface area (Å²) in [6, 6.07) is 93.2. The van der Waals surface area contributed by atoms with Crippen LogP contribution in [0.2, 0.25) is 0 Å². The van der Waals surface area contributed by atoms with Crippen molar-refractivity contribution >= 4 is 70.4 Å². The van der Waals surface area contributed by atoms with Gasteiger partial charge in [0.1, 0.15) is 0 Å². The highest BCUT2D eigenvalue weighted by Gasteiger charge is 2.38. The van der Waals surface area contributed by atoms with Crippen LogP contribution in [0.5, 0.6) is 0 Å². The maximum atomic E-state index is 2.46. The van der Waals surface area contributed by atoms with Crippen LogP contribution in [0.25, 0.3) is 58.8 Å². The Bertz CT molecular complexity index is 3500. The molecule has 12 rings (SSSR count). The lowest BCUT2D eigenvalue weighted by molar-refractivity contribution is 0.745. The van der Waals surface area contributed by atoms with Crippen LogP contribution in [0.15, 0.2) is 255 Å². The summed E-state index contributed by atoms with van der Waals surface area (Å²) in [6.45, 7) is 0. The van der Waals surface area contributed by atoms with E-state index < -0.39 is 5.41 Å². The second-order valence-electron chi connectivity index (χ2n) is 16.4. The first-order chi connectivity index (χ1) is 31.8. The minimum Gasteiger partial charge on any atom is -0.310 e. The molecule has 10 aromatic carbocycles. The quantitative estimate of drug-likeness (QED) is 0.132. The predicted molar refractivity (Wildman–Crippen MR) is 272 cm³/mol. The number of rotatable bonds is 9. The second-order valence-corrected chi connectivity index (χ2v) is 17.5. The fourth-order valence-corrected chi connectivity index (χ4v) is 11.3. The average Bonchev–Trinajstić information content (AvgIpc) is 3.92. The Kier molecular flexibility index (Phi) is 9.28. The van der Waals surface area contributed by atoms with Gasteiger partial charge in [0, 0.05) is 48.0 Å². The lowest BCUT2D eigenvalue weighted by atomic mass is 9.65. The molecule has 0 saturated heterocycles. The average molecular weight is 835 g/mol. The first-order valence-electron chi connectivity index (χ1n) is 21.9. The number of thiophene rings is 1. The lowest BCUT2D eigenvalue weighted by Crippen LogP contribution is -2.31. The molecule has 0 amide bonds. The summed E-state index contributed by atoms with van der Waals surface area (Å²) in [6.07, 6.45) is 0. The Morgan fingerprint density at radius 1 is 0.344 bits per heavy atom. The third-order valence-corrected chi connectivity index (χ3v) is 14.1. The molecule has 0 spiro atoms. The van der Waals surface area contributed by atoms with Crippen molar-refractivity contribution in [3.8, 4) is 16.8 Å². The van der Waals surface area contributed by atoms with Crippen molar-refractivity contribution in [1.29, 1.82) is 0 Å². The number of hydrogen-bond acceptors (Lipinski definition) is 2. The Morgan fingerprint density at radius 3 is 1.56 bits per heavy atom. The Hall–Kier alpha value is -7.98. The second kappa shape index (κ2) is 15.7. The Balaban J connectivity index is 1.05. The fourth-order valence-electron chi connectivity index (χ4n) is 10.1. The van der Waals surface area contributed by atoms with Gasteiger partial charge in [-0.15, -0.1) is 11.3 Å². The van der Waals surface area contributed by atoms with Gasteiger partial charge in [-0.3, -0.25) is 0 Å². The smallest absolute Gasteiger partial charge is 0.0701 e. The largest absolute Gasteiger partial charge is 0.310 e. The minimum absolute atomic E-state index is 0.543. The van der Waals surface area contributed by atoms with Crippen molar-refractivity contribution in [3.63, 3.8) is 0 Å². The van der Waals surface area contributed by atoms with Crippen LogP contribution in [-0.4, -0.2) is 4.57 Å². The number of hydrogen-bond donors (Lipinski definition) is 0. The van der Waals surface area contributed by atoms with Gasteiger partial charge >= 0.3 is 0 Å². The van der Waals surface area contributed by atoms with E-state index in [0.29, 0.717) is 0 Å². The minimum atomic E-state index is -0.543. The molecular formula is C61H42N2S. The summed E-state index contributed by atoms with van der Waals surface area (Å²) >= 11 is 1.86. The fraction of sp³-hybridized carbons (Fsp3) is 0.0164. The van der Waals surface area contributed by atoms with E-state index in [9.17, 15) is 0 Å². The first kappa shape index (κ1) is 37.8. The molecule has 64 heavy (non-hydrogen) atoms. The topological polar surface area (TPSA) is 8.17 Å². The summed E-state index contributed by atoms with van der Waals surface area (Å²) in [4.78, 5) is 2.46. The molecule has 0 unspecified atom stereocenters. The molecule has 0 aliphatic heterocycles. The monoisotopic (exact) mass is 834 g/mol. The van der Waals surface area contributed by atoms with Gasteiger partial charge in [-0.05, 0) is 106 Å². The third kappa shape index (κ3) is 6.16. The molecule has 0 fully saturated rings. The van der Waals surface area contributed by atoms with E-state index in [1.807, 2.05) is 11.3 Å². The van der Waals surface area contributed by atoms with Crippen LogP contribution in [0.3, 0.4) is 0 Å². The zero-order chi connectivity index (χ0) is 42.5. The van der Waals surface area contributed by atoms with E-state index in [-0.39, 0.29) is 0 Å². The van der Waals surface area contributed by atoms with Gasteiger partial charge < -0.3 is 9.47 Å². The number of anilines is 3. The predicted octanol–water partition coefficient (Wildman–Crippen LogP) is 16.7. The SMILES string of the molecule is c1ccc(-n2c3ccccc3c3cc(-c4cccc(N(c5ccc(C(c6ccccc6)(c6ccccc6)c6ccccc6)cc5)c5cccc6sc7ccccc7c56)c4)ccc32)cc1. The highest BCUT2D eigenvalue weighted by Crippen LogP contribution is 2.49. The summed E-state index contributed by atoms with van der Waals surface area (Å²) < 4.78 is 4.94. The molecule has 0 saturated carbocycles. The molecule has 2 nitrogen and oxygen atoms in total. The molecule has 0 aliphatic carbocycles. The molecule has 2 heterocycles. The van der Waals surface area contributed by atoms with E-state index in [1.54, 1.807) is 0 Å². The van der Waals surface area contributed by atoms with Gasteiger partial charge in [-0.25, -0.2) is 0 Å². The van der Waals surface area contributed by atoms with E-state index in [1.165, 1.54) is 69.8 Å². The van der Waals surface area contributed by atoms with Crippen LogP contribution >= 0.6 is 11.3 Å². The van der Waals surface area contributed by atoms with Crippen molar-refractivity contribution in [2.45, 2.75) is 5.41 Å². The van der Waals surface area contributed by atoms with Crippen molar-refractivity contribution in [1.82, 2.24) is 4.57 Å². The standard InChI is InChI=1S/C61H42N2S/c1-5-20-45(21-6-1)61(46-22-7-2-8-23-46,47-24-9-3-10-25-47)48-36-38-50(39-37-48)62(57-32-18-34-59-60(57)53-30-14-16-33-58(53)64-59)51-28-17-19-43(41-51)44-35-40-56-54(42-44)52-29-13-15-31-55(52)63(56)49-26-11-4-12-27-49/h1-42H. The molecule has 3 heteroatoms. The maximum Gasteiger partial charge on any atom is 0.0701 e. The summed E-state index contributed by atoms with van der Waals surface area (Å²) in [5, 5.41) is 5.02. The van der Waals surface area contributed by atoms with Gasteiger partial charge in [0.2, 0.25) is 0 Å². The zero-order valence-electron chi connectivity index (χ0n) is 35.1. The molecule has 0 bridgehead atoms. The van der Waals surface area contributed by atoms with Gasteiger partial charge in [0.25, 0.3) is 0 Å². The maximum absolute atomic E-state index is 2.46. The van der Waals surface area contributed by atoms with E-state index in [4.69, 9.17) is 0 Å². The molecule has 0 aliphatic rings. The number of nitrogens with zero attached hydrogens (tertiary/aromatic N) is 2. The molecule has 0 atom stereocenters. The molecule has 2 aromatic heterocycles. The Morgan fingerprint density at radius 2 is 0.875 bits per heavy atom. The third-order valence-electron chi connectivity index (χ3n) is 12.9. The van der Waals surface area contributed by atoms with Crippen LogP contribution in [0, 0.1) is 0 Å². The number of fused-ring (bicyclic) bond motifs is 6. The number of para-hydroxylation sites is 2. The molecule has 0 radical (unpaired) electrons. The van der Waals surface area contributed by atoms with Crippen LogP contribution in [-0.2, 0) is 5.41 Å². The van der Waals surface area contributed by atoms with E-state index in [0.717, 1.165) is 28.3 Å². The van der Waals surface area contributed by atoms with Gasteiger partial charge in [-0.1, -0.05) is 182 Å². The van der Waals surface area contributed by atoms with Gasteiger partial charge in [0.05, 0.1) is 22.1 Å². The molecule has 302 valence electrons. The van der Waals surface area contributed by atoms with Crippen molar-refractivity contribution in [2.75, 3.05) is 4.90 Å². The van der Waals surface area contributed by atoms with Crippen LogP contribution < -0.4 is 4.90 Å². The number of aromatic nitrogens is 1. The van der Waals surface area contributed by atoms with Gasteiger partial charge in [-0.2, -0.15) is 0 Å².